The number of aromatic nitrogens is 3. The van der Waals surface area contributed by atoms with Crippen LogP contribution in [0.4, 0.5) is 11.6 Å². The highest BCUT2D eigenvalue weighted by Crippen LogP contribution is 2.20. The average molecular weight is 296 g/mol. The van der Waals surface area contributed by atoms with Gasteiger partial charge in [0.05, 0.1) is 27.6 Å². The Kier molecular flexibility index (Phi) is 4.19. The Balaban J connectivity index is 2.27. The molecule has 2 rings (SSSR count). The largest absolute Gasteiger partial charge is 0.392 e. The van der Waals surface area contributed by atoms with E-state index < -0.39 is 4.92 Å². The highest BCUT2D eigenvalue weighted by atomic mass is 35.5. The normalized spacial score (nSPS) is 10.6. The molecule has 0 unspecified atom stereocenters. The van der Waals surface area contributed by atoms with Crippen molar-refractivity contribution >= 4 is 23.2 Å². The zero-order valence-corrected chi connectivity index (χ0v) is 11.9. The third-order valence-corrected chi connectivity index (χ3v) is 3.02. The second-order valence-corrected chi connectivity index (χ2v) is 4.65. The predicted octanol–water partition coefficient (Wildman–Crippen LogP) is 2.63. The maximum absolute atomic E-state index is 10.8. The fourth-order valence-electron chi connectivity index (χ4n) is 1.80. The number of nitro groups is 1. The molecule has 8 heteroatoms. The standard InChI is InChI=1S/C12H14ClN5O2/c1-3-14-11-5-4-9(13)10(15-11)7-17-6-8(2)12(16-17)18(19)20/h4-6H,3,7H2,1-2H3,(H,14,15). The smallest absolute Gasteiger partial charge is 0.370 e. The molecule has 2 aromatic heterocycles. The van der Waals surface area contributed by atoms with Crippen LogP contribution in [0, 0.1) is 17.0 Å². The average Bonchev–Trinajstić information content (AvgIpc) is 2.75. The second kappa shape index (κ2) is 5.87. The maximum Gasteiger partial charge on any atom is 0.392 e. The van der Waals surface area contributed by atoms with Crippen LogP contribution in [0.5, 0.6) is 0 Å². The summed E-state index contributed by atoms with van der Waals surface area (Å²) in [4.78, 5) is 14.6. The van der Waals surface area contributed by atoms with Gasteiger partial charge in [-0.1, -0.05) is 11.6 Å². The topological polar surface area (TPSA) is 85.9 Å². The van der Waals surface area contributed by atoms with E-state index in [1.54, 1.807) is 25.3 Å². The summed E-state index contributed by atoms with van der Waals surface area (Å²) in [6.07, 6.45) is 1.61. The first kappa shape index (κ1) is 14.3. The minimum absolute atomic E-state index is 0.149. The lowest BCUT2D eigenvalue weighted by atomic mass is 10.3. The molecule has 106 valence electrons. The number of hydrogen-bond donors (Lipinski definition) is 1. The van der Waals surface area contributed by atoms with Crippen LogP contribution in [0.2, 0.25) is 5.02 Å². The number of rotatable bonds is 5. The summed E-state index contributed by atoms with van der Waals surface area (Å²) < 4.78 is 1.47. The monoisotopic (exact) mass is 295 g/mol. The number of pyridine rings is 1. The molecule has 0 fully saturated rings. The van der Waals surface area contributed by atoms with Crippen LogP contribution < -0.4 is 5.32 Å². The van der Waals surface area contributed by atoms with E-state index in [0.717, 1.165) is 6.54 Å². The quantitative estimate of drug-likeness (QED) is 0.677. The minimum Gasteiger partial charge on any atom is -0.370 e. The molecular formula is C12H14ClN5O2. The van der Waals surface area contributed by atoms with Gasteiger partial charge in [-0.2, -0.15) is 4.68 Å². The SMILES string of the molecule is CCNc1ccc(Cl)c(Cn2cc(C)c([N+](=O)[O-])n2)n1. The van der Waals surface area contributed by atoms with Crippen LogP contribution >= 0.6 is 11.6 Å². The lowest BCUT2D eigenvalue weighted by molar-refractivity contribution is -0.390. The van der Waals surface area contributed by atoms with E-state index in [9.17, 15) is 10.1 Å². The molecule has 0 saturated heterocycles. The van der Waals surface area contributed by atoms with Crippen LogP contribution in [-0.4, -0.2) is 26.2 Å². The lowest BCUT2D eigenvalue weighted by Gasteiger charge is -2.06. The Labute approximate surface area is 120 Å². The molecule has 0 atom stereocenters. The summed E-state index contributed by atoms with van der Waals surface area (Å²) >= 11 is 6.09. The Bertz CT molecular complexity index is 641. The summed E-state index contributed by atoms with van der Waals surface area (Å²) in [5.41, 5.74) is 1.12. The zero-order chi connectivity index (χ0) is 14.7. The van der Waals surface area contributed by atoms with Gasteiger partial charge in [0.15, 0.2) is 0 Å². The van der Waals surface area contributed by atoms with Gasteiger partial charge < -0.3 is 15.4 Å². The summed E-state index contributed by atoms with van der Waals surface area (Å²) in [7, 11) is 0. The Morgan fingerprint density at radius 2 is 2.25 bits per heavy atom. The summed E-state index contributed by atoms with van der Waals surface area (Å²) in [5, 5.41) is 18.3. The highest BCUT2D eigenvalue weighted by molar-refractivity contribution is 6.31. The number of nitrogens with zero attached hydrogens (tertiary/aromatic N) is 4. The van der Waals surface area contributed by atoms with Crippen molar-refractivity contribution in [3.05, 3.63) is 44.7 Å². The van der Waals surface area contributed by atoms with Crippen molar-refractivity contribution in [3.8, 4) is 0 Å². The van der Waals surface area contributed by atoms with Crippen LogP contribution in [0.3, 0.4) is 0 Å². The van der Waals surface area contributed by atoms with Gasteiger partial charge in [-0.05, 0) is 30.9 Å². The number of hydrogen-bond acceptors (Lipinski definition) is 5. The number of halogens is 1. The molecule has 2 aromatic rings. The van der Waals surface area contributed by atoms with Crippen LogP contribution in [0.25, 0.3) is 0 Å². The van der Waals surface area contributed by atoms with Crippen LogP contribution in [0.1, 0.15) is 18.2 Å². The lowest BCUT2D eigenvalue weighted by Crippen LogP contribution is -2.06. The van der Waals surface area contributed by atoms with Crippen molar-refractivity contribution in [1.29, 1.82) is 0 Å². The van der Waals surface area contributed by atoms with Crippen molar-refractivity contribution in [1.82, 2.24) is 14.8 Å². The first-order chi connectivity index (χ1) is 9.51. The molecule has 0 aliphatic carbocycles. The van der Waals surface area contributed by atoms with Gasteiger partial charge in [0, 0.05) is 6.54 Å². The van der Waals surface area contributed by atoms with Crippen molar-refractivity contribution in [2.45, 2.75) is 20.4 Å². The number of aryl methyl sites for hydroxylation is 1. The Hall–Kier alpha value is -2.15. The van der Waals surface area contributed by atoms with Crippen LogP contribution in [-0.2, 0) is 6.54 Å². The van der Waals surface area contributed by atoms with Crippen molar-refractivity contribution in [3.63, 3.8) is 0 Å². The van der Waals surface area contributed by atoms with Gasteiger partial charge in [0.25, 0.3) is 0 Å². The highest BCUT2D eigenvalue weighted by Gasteiger charge is 2.18. The van der Waals surface area contributed by atoms with Crippen molar-refractivity contribution in [2.24, 2.45) is 0 Å². The third-order valence-electron chi connectivity index (χ3n) is 2.68. The molecule has 0 aliphatic heterocycles. The Morgan fingerprint density at radius 3 is 2.85 bits per heavy atom. The second-order valence-electron chi connectivity index (χ2n) is 4.25. The number of anilines is 1. The van der Waals surface area contributed by atoms with E-state index >= 15 is 0 Å². The summed E-state index contributed by atoms with van der Waals surface area (Å²) in [6, 6.07) is 3.53. The fraction of sp³-hybridized carbons (Fsp3) is 0.333. The molecule has 0 aliphatic rings. The van der Waals surface area contributed by atoms with E-state index in [-0.39, 0.29) is 12.4 Å². The Morgan fingerprint density at radius 1 is 1.50 bits per heavy atom. The molecule has 0 radical (unpaired) electrons. The van der Waals surface area contributed by atoms with Gasteiger partial charge in [0.2, 0.25) is 0 Å². The van der Waals surface area contributed by atoms with E-state index in [4.69, 9.17) is 11.6 Å². The molecule has 20 heavy (non-hydrogen) atoms. The first-order valence-corrected chi connectivity index (χ1v) is 6.46. The molecule has 0 aromatic carbocycles. The first-order valence-electron chi connectivity index (χ1n) is 6.09. The van der Waals surface area contributed by atoms with Gasteiger partial charge in [-0.25, -0.2) is 4.98 Å². The molecule has 7 nitrogen and oxygen atoms in total. The molecule has 1 N–H and O–H groups in total. The summed E-state index contributed by atoms with van der Waals surface area (Å²) in [6.45, 7) is 4.65. The molecule has 0 saturated carbocycles. The molecule has 0 bridgehead atoms. The number of nitrogens with one attached hydrogen (secondary N) is 1. The van der Waals surface area contributed by atoms with Crippen LogP contribution in [0.15, 0.2) is 18.3 Å². The zero-order valence-electron chi connectivity index (χ0n) is 11.1. The van der Waals surface area contributed by atoms with Crippen molar-refractivity contribution < 1.29 is 4.92 Å². The van der Waals surface area contributed by atoms with E-state index in [2.05, 4.69) is 15.4 Å². The van der Waals surface area contributed by atoms with E-state index in [1.807, 2.05) is 6.92 Å². The predicted molar refractivity (Wildman–Crippen MR) is 76.1 cm³/mol. The van der Waals surface area contributed by atoms with Gasteiger partial charge in [-0.3, -0.25) is 0 Å². The molecule has 0 spiro atoms. The molecular weight excluding hydrogens is 282 g/mol. The van der Waals surface area contributed by atoms with E-state index in [1.165, 1.54) is 4.68 Å². The molecule has 2 heterocycles. The van der Waals surface area contributed by atoms with Gasteiger partial charge >= 0.3 is 5.82 Å². The van der Waals surface area contributed by atoms with Gasteiger partial charge in [0.1, 0.15) is 12.4 Å². The van der Waals surface area contributed by atoms with Crippen molar-refractivity contribution in [2.75, 3.05) is 11.9 Å². The fourth-order valence-corrected chi connectivity index (χ4v) is 1.97. The summed E-state index contributed by atoms with van der Waals surface area (Å²) in [5.74, 6) is 0.564. The third kappa shape index (κ3) is 3.05. The van der Waals surface area contributed by atoms with E-state index in [0.29, 0.717) is 22.1 Å². The molecule has 0 amide bonds. The maximum atomic E-state index is 10.8. The van der Waals surface area contributed by atoms with Gasteiger partial charge in [-0.15, -0.1) is 0 Å². The minimum atomic E-state index is -0.504.